The molecule has 1 heterocycles. The van der Waals surface area contributed by atoms with Gasteiger partial charge in [0.25, 0.3) is 0 Å². The molecule has 0 spiro atoms. The van der Waals surface area contributed by atoms with Crippen molar-refractivity contribution in [1.29, 1.82) is 0 Å². The number of methoxy groups -OCH3 is 1. The number of hydrogen-bond acceptors (Lipinski definition) is 4. The average Bonchev–Trinajstić information content (AvgIpc) is 2.60. The van der Waals surface area contributed by atoms with Crippen molar-refractivity contribution < 1.29 is 17.9 Å². The second kappa shape index (κ2) is 5.75. The lowest BCUT2D eigenvalue weighted by Gasteiger charge is -2.14. The van der Waals surface area contributed by atoms with Gasteiger partial charge < -0.3 is 9.47 Å². The Balaban J connectivity index is 1.95. The van der Waals surface area contributed by atoms with Crippen molar-refractivity contribution in [3.63, 3.8) is 0 Å². The lowest BCUT2D eigenvalue weighted by Crippen LogP contribution is -2.22. The second-order valence-electron chi connectivity index (χ2n) is 4.29. The zero-order valence-corrected chi connectivity index (χ0v) is 13.0. The van der Waals surface area contributed by atoms with Crippen LogP contribution < -0.4 is 4.74 Å². The molecule has 0 radical (unpaired) electrons. The highest BCUT2D eigenvalue weighted by Crippen LogP contribution is 2.24. The molecule has 0 amide bonds. The first-order valence-electron chi connectivity index (χ1n) is 5.59. The maximum Gasteiger partial charge on any atom is 0.154 e. The van der Waals surface area contributed by atoms with Gasteiger partial charge in [-0.15, -0.1) is 0 Å². The predicted octanol–water partition coefficient (Wildman–Crippen LogP) is 1.81. The molecule has 2 unspecified atom stereocenters. The van der Waals surface area contributed by atoms with Gasteiger partial charge in [0.15, 0.2) is 9.84 Å². The van der Waals surface area contributed by atoms with Crippen LogP contribution >= 0.6 is 22.6 Å². The third kappa shape index (κ3) is 3.58. The number of ether oxygens (including phenoxy) is 2. The van der Waals surface area contributed by atoms with E-state index < -0.39 is 9.84 Å². The van der Waals surface area contributed by atoms with Crippen LogP contribution in [0.5, 0.6) is 5.75 Å². The summed E-state index contributed by atoms with van der Waals surface area (Å²) in [5.74, 6) is 1.13. The number of hydrogen-bond donors (Lipinski definition) is 0. The van der Waals surface area contributed by atoms with E-state index in [0.29, 0.717) is 6.61 Å². The van der Waals surface area contributed by atoms with Crippen LogP contribution in [0.2, 0.25) is 0 Å². The largest absolute Gasteiger partial charge is 0.497 e. The van der Waals surface area contributed by atoms with E-state index in [4.69, 9.17) is 9.47 Å². The number of benzene rings is 1. The minimum atomic E-state index is -2.92. The van der Waals surface area contributed by atoms with Crippen LogP contribution in [0.4, 0.5) is 0 Å². The van der Waals surface area contributed by atoms with E-state index in [2.05, 4.69) is 22.6 Å². The van der Waals surface area contributed by atoms with Gasteiger partial charge in [-0.25, -0.2) is 8.42 Å². The number of sulfone groups is 1. The first-order chi connectivity index (χ1) is 8.50. The van der Waals surface area contributed by atoms with Gasteiger partial charge in [0.2, 0.25) is 0 Å². The fraction of sp³-hybridized carbons (Fsp3) is 0.500. The van der Waals surface area contributed by atoms with Crippen LogP contribution in [0.25, 0.3) is 0 Å². The topological polar surface area (TPSA) is 52.6 Å². The molecule has 2 rings (SSSR count). The summed E-state index contributed by atoms with van der Waals surface area (Å²) in [6.07, 6.45) is -0.207. The third-order valence-electron chi connectivity index (χ3n) is 2.83. The fourth-order valence-electron chi connectivity index (χ4n) is 1.89. The van der Waals surface area contributed by atoms with E-state index in [1.807, 2.05) is 24.3 Å². The van der Waals surface area contributed by atoms with Crippen LogP contribution in [0.15, 0.2) is 24.3 Å². The van der Waals surface area contributed by atoms with Crippen molar-refractivity contribution >= 4 is 32.4 Å². The van der Waals surface area contributed by atoms with Crippen LogP contribution in [-0.2, 0) is 21.2 Å². The molecule has 2 atom stereocenters. The minimum Gasteiger partial charge on any atom is -0.497 e. The van der Waals surface area contributed by atoms with Gasteiger partial charge in [-0.1, -0.05) is 34.7 Å². The van der Waals surface area contributed by atoms with Crippen molar-refractivity contribution in [3.05, 3.63) is 29.8 Å². The normalized spacial score (nSPS) is 26.1. The van der Waals surface area contributed by atoms with E-state index in [0.717, 1.165) is 11.3 Å². The summed E-state index contributed by atoms with van der Waals surface area (Å²) in [6.45, 7) is 0.414. The van der Waals surface area contributed by atoms with E-state index >= 15 is 0 Å². The van der Waals surface area contributed by atoms with Crippen molar-refractivity contribution in [2.24, 2.45) is 0 Å². The molecule has 18 heavy (non-hydrogen) atoms. The highest BCUT2D eigenvalue weighted by atomic mass is 127. The number of alkyl halides is 1. The van der Waals surface area contributed by atoms with Crippen molar-refractivity contribution in [2.45, 2.75) is 16.6 Å². The monoisotopic (exact) mass is 382 g/mol. The predicted molar refractivity (Wildman–Crippen MR) is 78.0 cm³/mol. The quantitative estimate of drug-likeness (QED) is 0.589. The molecule has 1 aliphatic heterocycles. The number of halogens is 1. The van der Waals surface area contributed by atoms with E-state index in [1.54, 1.807) is 7.11 Å². The molecule has 1 fully saturated rings. The Kier molecular flexibility index (Phi) is 4.50. The van der Waals surface area contributed by atoms with Gasteiger partial charge in [0.1, 0.15) is 5.75 Å². The molecule has 1 saturated heterocycles. The summed E-state index contributed by atoms with van der Waals surface area (Å²) >= 11 is 2.15. The molecule has 4 nitrogen and oxygen atoms in total. The Bertz CT molecular complexity index is 515. The maximum absolute atomic E-state index is 11.5. The summed E-state index contributed by atoms with van der Waals surface area (Å²) in [5, 5.41) is 0. The van der Waals surface area contributed by atoms with Crippen LogP contribution in [0.1, 0.15) is 5.56 Å². The Morgan fingerprint density at radius 2 is 2.17 bits per heavy atom. The van der Waals surface area contributed by atoms with E-state index in [-0.39, 0.29) is 21.5 Å². The summed E-state index contributed by atoms with van der Waals surface area (Å²) < 4.78 is 33.8. The van der Waals surface area contributed by atoms with Gasteiger partial charge in [-0.05, 0) is 17.7 Å². The van der Waals surface area contributed by atoms with Crippen molar-refractivity contribution in [3.8, 4) is 5.75 Å². The second-order valence-corrected chi connectivity index (χ2v) is 8.05. The molecule has 0 saturated carbocycles. The maximum atomic E-state index is 11.5. The van der Waals surface area contributed by atoms with Gasteiger partial charge in [0, 0.05) is 0 Å². The Morgan fingerprint density at radius 3 is 2.78 bits per heavy atom. The molecular formula is C12H15IO4S. The summed E-state index contributed by atoms with van der Waals surface area (Å²) in [6, 6.07) is 7.59. The summed E-state index contributed by atoms with van der Waals surface area (Å²) in [5.41, 5.74) is 0.988. The summed E-state index contributed by atoms with van der Waals surface area (Å²) in [4.78, 5) is 0. The highest BCUT2D eigenvalue weighted by Gasteiger charge is 2.36. The third-order valence-corrected chi connectivity index (χ3v) is 6.38. The lowest BCUT2D eigenvalue weighted by molar-refractivity contribution is 0.0638. The fourth-order valence-corrected chi connectivity index (χ4v) is 6.01. The molecular weight excluding hydrogens is 367 g/mol. The zero-order valence-electron chi connectivity index (χ0n) is 10.0. The standard InChI is InChI=1S/C12H15IO4S/c1-16-10-4-2-3-9(5-10)6-17-12-8-18(14,15)7-11(12)13/h2-5,11-12H,6-8H2,1H3. The van der Waals surface area contributed by atoms with Gasteiger partial charge >= 0.3 is 0 Å². The summed E-state index contributed by atoms with van der Waals surface area (Å²) in [7, 11) is -1.30. The SMILES string of the molecule is COc1cccc(COC2CS(=O)(=O)CC2I)c1. The highest BCUT2D eigenvalue weighted by molar-refractivity contribution is 14.1. The Hall–Kier alpha value is -0.340. The molecule has 6 heteroatoms. The van der Waals surface area contributed by atoms with Gasteiger partial charge in [0.05, 0.1) is 35.3 Å². The molecule has 1 aliphatic rings. The lowest BCUT2D eigenvalue weighted by atomic mass is 10.2. The molecule has 0 aliphatic carbocycles. The first kappa shape index (κ1) is 14.1. The molecule has 0 N–H and O–H groups in total. The molecule has 1 aromatic rings. The molecule has 100 valence electrons. The Morgan fingerprint density at radius 1 is 1.39 bits per heavy atom. The number of rotatable bonds is 4. The van der Waals surface area contributed by atoms with Crippen molar-refractivity contribution in [1.82, 2.24) is 0 Å². The van der Waals surface area contributed by atoms with Crippen LogP contribution in [-0.4, -0.2) is 37.1 Å². The first-order valence-corrected chi connectivity index (χ1v) is 8.66. The zero-order chi connectivity index (χ0) is 13.2. The molecule has 0 aromatic heterocycles. The van der Waals surface area contributed by atoms with E-state index in [9.17, 15) is 8.42 Å². The van der Waals surface area contributed by atoms with Crippen molar-refractivity contribution in [2.75, 3.05) is 18.6 Å². The smallest absolute Gasteiger partial charge is 0.154 e. The van der Waals surface area contributed by atoms with Crippen LogP contribution in [0.3, 0.4) is 0 Å². The Labute approximate surface area is 121 Å². The van der Waals surface area contributed by atoms with Gasteiger partial charge in [-0.2, -0.15) is 0 Å². The molecule has 1 aromatic carbocycles. The minimum absolute atomic E-state index is 0.0400. The van der Waals surface area contributed by atoms with Gasteiger partial charge in [-0.3, -0.25) is 0 Å². The average molecular weight is 382 g/mol. The van der Waals surface area contributed by atoms with Crippen LogP contribution in [0, 0.1) is 0 Å². The van der Waals surface area contributed by atoms with E-state index in [1.165, 1.54) is 0 Å². The molecule has 0 bridgehead atoms.